The molecule has 0 aliphatic carbocycles. The molecule has 1 fully saturated rings. The molecular weight excluding hydrogens is 228 g/mol. The van der Waals surface area contributed by atoms with Crippen molar-refractivity contribution >= 4 is 5.91 Å². The third-order valence-electron chi connectivity index (χ3n) is 3.53. The standard InChI is InChI=1S/C13H22N4O/c1-17-9-8-15-12(17)5-7-16-13(18)3-2-11-4-6-14-10-11/h8-9,11,14H,2-7,10H2,1H3,(H,16,18). The molecule has 1 amide bonds. The van der Waals surface area contributed by atoms with Crippen molar-refractivity contribution in [2.45, 2.75) is 25.7 Å². The van der Waals surface area contributed by atoms with Crippen LogP contribution in [0, 0.1) is 5.92 Å². The third kappa shape index (κ3) is 3.84. The Kier molecular flexibility index (Phi) is 4.75. The molecule has 1 aliphatic heterocycles. The van der Waals surface area contributed by atoms with Gasteiger partial charge < -0.3 is 15.2 Å². The molecule has 2 rings (SSSR count). The Morgan fingerprint density at radius 1 is 1.67 bits per heavy atom. The summed E-state index contributed by atoms with van der Waals surface area (Å²) in [5.74, 6) is 1.86. The van der Waals surface area contributed by atoms with E-state index in [1.807, 2.05) is 17.8 Å². The topological polar surface area (TPSA) is 59.0 Å². The van der Waals surface area contributed by atoms with E-state index in [4.69, 9.17) is 0 Å². The van der Waals surface area contributed by atoms with Crippen LogP contribution in [-0.4, -0.2) is 35.1 Å². The summed E-state index contributed by atoms with van der Waals surface area (Å²) in [6.07, 6.45) is 7.35. The lowest BCUT2D eigenvalue weighted by atomic mass is 10.0. The van der Waals surface area contributed by atoms with Crippen LogP contribution in [0.1, 0.15) is 25.1 Å². The summed E-state index contributed by atoms with van der Waals surface area (Å²) in [5.41, 5.74) is 0. The number of aryl methyl sites for hydroxylation is 1. The first-order valence-electron chi connectivity index (χ1n) is 6.69. The number of amides is 1. The summed E-state index contributed by atoms with van der Waals surface area (Å²) >= 11 is 0. The van der Waals surface area contributed by atoms with Crippen LogP contribution in [0.25, 0.3) is 0 Å². The van der Waals surface area contributed by atoms with Crippen molar-refractivity contribution in [2.24, 2.45) is 13.0 Å². The van der Waals surface area contributed by atoms with Gasteiger partial charge in [0.2, 0.25) is 5.91 Å². The third-order valence-corrected chi connectivity index (χ3v) is 3.53. The van der Waals surface area contributed by atoms with E-state index in [0.717, 1.165) is 31.8 Å². The summed E-state index contributed by atoms with van der Waals surface area (Å²) in [5, 5.41) is 6.28. The van der Waals surface area contributed by atoms with Gasteiger partial charge >= 0.3 is 0 Å². The van der Waals surface area contributed by atoms with Gasteiger partial charge in [0.15, 0.2) is 0 Å². The lowest BCUT2D eigenvalue weighted by molar-refractivity contribution is -0.121. The quantitative estimate of drug-likeness (QED) is 0.771. The summed E-state index contributed by atoms with van der Waals surface area (Å²) in [6.45, 7) is 2.85. The fourth-order valence-corrected chi connectivity index (χ4v) is 2.34. The molecule has 2 heterocycles. The highest BCUT2D eigenvalue weighted by Crippen LogP contribution is 2.13. The van der Waals surface area contributed by atoms with E-state index >= 15 is 0 Å². The molecule has 1 unspecified atom stereocenters. The molecule has 0 radical (unpaired) electrons. The Hall–Kier alpha value is -1.36. The van der Waals surface area contributed by atoms with Crippen LogP contribution in [0.3, 0.4) is 0 Å². The number of imidazole rings is 1. The van der Waals surface area contributed by atoms with Gasteiger partial charge in [-0.1, -0.05) is 0 Å². The molecule has 0 saturated carbocycles. The minimum absolute atomic E-state index is 0.163. The van der Waals surface area contributed by atoms with Crippen LogP contribution in [0.15, 0.2) is 12.4 Å². The van der Waals surface area contributed by atoms with Crippen molar-refractivity contribution in [3.05, 3.63) is 18.2 Å². The van der Waals surface area contributed by atoms with Crippen LogP contribution in [0.5, 0.6) is 0 Å². The van der Waals surface area contributed by atoms with Crippen molar-refractivity contribution < 1.29 is 4.79 Å². The van der Waals surface area contributed by atoms with E-state index in [1.54, 1.807) is 6.20 Å². The second-order valence-corrected chi connectivity index (χ2v) is 4.95. The van der Waals surface area contributed by atoms with E-state index < -0.39 is 0 Å². The van der Waals surface area contributed by atoms with Crippen molar-refractivity contribution in [3.8, 4) is 0 Å². The molecule has 1 aromatic heterocycles. The fourth-order valence-electron chi connectivity index (χ4n) is 2.34. The largest absolute Gasteiger partial charge is 0.356 e. The Bertz CT molecular complexity index is 382. The molecule has 2 N–H and O–H groups in total. The zero-order valence-electron chi connectivity index (χ0n) is 11.0. The number of nitrogens with zero attached hydrogens (tertiary/aromatic N) is 2. The van der Waals surface area contributed by atoms with Gasteiger partial charge in [0, 0.05) is 38.8 Å². The summed E-state index contributed by atoms with van der Waals surface area (Å²) in [4.78, 5) is 15.9. The van der Waals surface area contributed by atoms with Crippen LogP contribution in [-0.2, 0) is 18.3 Å². The molecule has 1 atom stereocenters. The Balaban J connectivity index is 1.58. The molecule has 0 bridgehead atoms. The van der Waals surface area contributed by atoms with Gasteiger partial charge in [-0.05, 0) is 31.8 Å². The van der Waals surface area contributed by atoms with Crippen LogP contribution in [0.4, 0.5) is 0 Å². The number of aromatic nitrogens is 2. The predicted molar refractivity (Wildman–Crippen MR) is 70.1 cm³/mol. The molecule has 1 aliphatic rings. The monoisotopic (exact) mass is 250 g/mol. The van der Waals surface area contributed by atoms with Gasteiger partial charge in [0.05, 0.1) is 0 Å². The first-order valence-corrected chi connectivity index (χ1v) is 6.69. The smallest absolute Gasteiger partial charge is 0.220 e. The van der Waals surface area contributed by atoms with Gasteiger partial charge in [-0.15, -0.1) is 0 Å². The minimum atomic E-state index is 0.163. The van der Waals surface area contributed by atoms with Crippen molar-refractivity contribution in [3.63, 3.8) is 0 Å². The van der Waals surface area contributed by atoms with E-state index in [9.17, 15) is 4.79 Å². The number of carbonyl (C=O) groups is 1. The average Bonchev–Trinajstić information content (AvgIpc) is 2.99. The van der Waals surface area contributed by atoms with Crippen molar-refractivity contribution in [1.29, 1.82) is 0 Å². The molecule has 1 saturated heterocycles. The number of hydrogen-bond donors (Lipinski definition) is 2. The van der Waals surface area contributed by atoms with E-state index in [0.29, 0.717) is 18.9 Å². The number of carbonyl (C=O) groups excluding carboxylic acids is 1. The van der Waals surface area contributed by atoms with Crippen LogP contribution >= 0.6 is 0 Å². The second-order valence-electron chi connectivity index (χ2n) is 4.95. The van der Waals surface area contributed by atoms with Gasteiger partial charge in [0.1, 0.15) is 5.82 Å². The van der Waals surface area contributed by atoms with Crippen LogP contribution < -0.4 is 10.6 Å². The average molecular weight is 250 g/mol. The fraction of sp³-hybridized carbons (Fsp3) is 0.692. The molecule has 100 valence electrons. The molecule has 0 spiro atoms. The molecule has 1 aromatic rings. The summed E-state index contributed by atoms with van der Waals surface area (Å²) in [6, 6.07) is 0. The second kappa shape index (κ2) is 6.54. The number of nitrogens with one attached hydrogen (secondary N) is 2. The lowest BCUT2D eigenvalue weighted by Gasteiger charge is -2.08. The zero-order chi connectivity index (χ0) is 12.8. The highest BCUT2D eigenvalue weighted by atomic mass is 16.1. The number of rotatable bonds is 6. The Morgan fingerprint density at radius 2 is 2.56 bits per heavy atom. The summed E-state index contributed by atoms with van der Waals surface area (Å²) < 4.78 is 1.98. The Labute approximate surface area is 108 Å². The lowest BCUT2D eigenvalue weighted by Crippen LogP contribution is -2.26. The maximum absolute atomic E-state index is 11.7. The highest BCUT2D eigenvalue weighted by Gasteiger charge is 2.15. The molecule has 0 aromatic carbocycles. The first-order chi connectivity index (χ1) is 8.75. The Morgan fingerprint density at radius 3 is 3.22 bits per heavy atom. The predicted octanol–water partition coefficient (Wildman–Crippen LogP) is 0.469. The number of hydrogen-bond acceptors (Lipinski definition) is 3. The summed E-state index contributed by atoms with van der Waals surface area (Å²) in [7, 11) is 1.97. The zero-order valence-corrected chi connectivity index (χ0v) is 11.0. The van der Waals surface area contributed by atoms with Gasteiger partial charge in [-0.3, -0.25) is 4.79 Å². The highest BCUT2D eigenvalue weighted by molar-refractivity contribution is 5.75. The SMILES string of the molecule is Cn1ccnc1CCNC(=O)CCC1CCNC1. The first kappa shape index (κ1) is 13.1. The van der Waals surface area contributed by atoms with E-state index in [2.05, 4.69) is 15.6 Å². The maximum Gasteiger partial charge on any atom is 0.220 e. The molecule has 5 nitrogen and oxygen atoms in total. The molecule has 5 heteroatoms. The molecule has 18 heavy (non-hydrogen) atoms. The van der Waals surface area contributed by atoms with Gasteiger partial charge in [-0.2, -0.15) is 0 Å². The maximum atomic E-state index is 11.7. The van der Waals surface area contributed by atoms with Crippen molar-refractivity contribution in [1.82, 2.24) is 20.2 Å². The normalized spacial score (nSPS) is 19.1. The van der Waals surface area contributed by atoms with Gasteiger partial charge in [0.25, 0.3) is 0 Å². The van der Waals surface area contributed by atoms with E-state index in [1.165, 1.54) is 6.42 Å². The minimum Gasteiger partial charge on any atom is -0.356 e. The molecular formula is C13H22N4O. The van der Waals surface area contributed by atoms with Crippen LogP contribution in [0.2, 0.25) is 0 Å². The van der Waals surface area contributed by atoms with E-state index in [-0.39, 0.29) is 5.91 Å². The van der Waals surface area contributed by atoms with Gasteiger partial charge in [-0.25, -0.2) is 4.98 Å². The van der Waals surface area contributed by atoms with Crippen molar-refractivity contribution in [2.75, 3.05) is 19.6 Å².